The van der Waals surface area contributed by atoms with Crippen molar-refractivity contribution in [3.63, 3.8) is 0 Å². The molecule has 0 bridgehead atoms. The SMILES string of the molecule is CCNC(=S)NCCNC(=O)c1ccc(C=CC(c2cc(Cl)c(Cl)c(Cl)c2)C(F)(F)F)cc1C(F)(F)F. The Bertz CT molecular complexity index is 1150. The minimum atomic E-state index is -4.94. The zero-order valence-corrected chi connectivity index (χ0v) is 22.0. The summed E-state index contributed by atoms with van der Waals surface area (Å²) in [6, 6.07) is 4.56. The number of hydrogen-bond acceptors (Lipinski definition) is 2. The van der Waals surface area contributed by atoms with Gasteiger partial charge >= 0.3 is 12.4 Å². The first-order valence-corrected chi connectivity index (χ1v) is 12.1. The highest BCUT2D eigenvalue weighted by atomic mass is 35.5. The highest BCUT2D eigenvalue weighted by Gasteiger charge is 2.40. The van der Waals surface area contributed by atoms with Crippen molar-refractivity contribution in [3.8, 4) is 0 Å². The van der Waals surface area contributed by atoms with Gasteiger partial charge in [0.2, 0.25) is 0 Å². The monoisotopic (exact) mass is 605 g/mol. The van der Waals surface area contributed by atoms with Gasteiger partial charge in [0, 0.05) is 19.6 Å². The lowest BCUT2D eigenvalue weighted by atomic mass is 9.96. The lowest BCUT2D eigenvalue weighted by Gasteiger charge is -2.19. The first-order valence-electron chi connectivity index (χ1n) is 10.6. The number of thiocarbonyl (C=S) groups is 1. The van der Waals surface area contributed by atoms with Crippen LogP contribution in [0.5, 0.6) is 0 Å². The minimum Gasteiger partial charge on any atom is -0.363 e. The molecule has 1 amide bonds. The van der Waals surface area contributed by atoms with Crippen molar-refractivity contribution in [1.82, 2.24) is 16.0 Å². The molecule has 0 spiro atoms. The topological polar surface area (TPSA) is 53.2 Å². The van der Waals surface area contributed by atoms with Crippen LogP contribution in [0.1, 0.15) is 39.9 Å². The first-order chi connectivity index (χ1) is 17.1. The number of amides is 1. The lowest BCUT2D eigenvalue weighted by Crippen LogP contribution is -2.40. The Kier molecular flexibility index (Phi) is 10.9. The largest absolute Gasteiger partial charge is 0.417 e. The number of alkyl halides is 6. The van der Waals surface area contributed by atoms with Crippen LogP contribution in [-0.2, 0) is 6.18 Å². The van der Waals surface area contributed by atoms with E-state index in [2.05, 4.69) is 16.0 Å². The zero-order valence-electron chi connectivity index (χ0n) is 19.0. The summed E-state index contributed by atoms with van der Waals surface area (Å²) in [4.78, 5) is 12.4. The number of allylic oxidation sites excluding steroid dienone is 1. The van der Waals surface area contributed by atoms with E-state index in [-0.39, 0.29) is 39.3 Å². The summed E-state index contributed by atoms with van der Waals surface area (Å²) < 4.78 is 82.2. The van der Waals surface area contributed by atoms with Crippen molar-refractivity contribution in [2.75, 3.05) is 19.6 Å². The Hall–Kier alpha value is -2.21. The van der Waals surface area contributed by atoms with Crippen LogP contribution >= 0.6 is 47.0 Å². The van der Waals surface area contributed by atoms with E-state index >= 15 is 0 Å². The van der Waals surface area contributed by atoms with Crippen molar-refractivity contribution in [1.29, 1.82) is 0 Å². The number of hydrogen-bond donors (Lipinski definition) is 3. The molecular formula is C23H20Cl3F6N3OS. The predicted octanol–water partition coefficient (Wildman–Crippen LogP) is 7.24. The Balaban J connectivity index is 2.30. The van der Waals surface area contributed by atoms with Gasteiger partial charge in [0.25, 0.3) is 5.91 Å². The molecule has 3 N–H and O–H groups in total. The van der Waals surface area contributed by atoms with Crippen molar-refractivity contribution in [2.24, 2.45) is 0 Å². The molecule has 0 saturated heterocycles. The minimum absolute atomic E-state index is 0.0250. The van der Waals surface area contributed by atoms with Gasteiger partial charge in [-0.15, -0.1) is 0 Å². The van der Waals surface area contributed by atoms with Crippen molar-refractivity contribution in [3.05, 3.63) is 73.7 Å². The molecule has 37 heavy (non-hydrogen) atoms. The smallest absolute Gasteiger partial charge is 0.363 e. The summed E-state index contributed by atoms with van der Waals surface area (Å²) in [7, 11) is 0. The third-order valence-electron chi connectivity index (χ3n) is 4.83. The fraction of sp³-hybridized carbons (Fsp3) is 0.304. The molecule has 1 atom stereocenters. The summed E-state index contributed by atoms with van der Waals surface area (Å²) >= 11 is 22.4. The molecule has 2 aromatic rings. The fourth-order valence-corrected chi connectivity index (χ4v) is 4.00. The van der Waals surface area contributed by atoms with Crippen LogP contribution in [0.25, 0.3) is 6.08 Å². The number of carbonyl (C=O) groups is 1. The molecule has 0 fully saturated rings. The number of nitrogens with one attached hydrogen (secondary N) is 3. The van der Waals surface area contributed by atoms with Crippen LogP contribution in [0.2, 0.25) is 15.1 Å². The molecule has 1 unspecified atom stereocenters. The first kappa shape index (κ1) is 31.0. The van der Waals surface area contributed by atoms with Crippen LogP contribution in [0.4, 0.5) is 26.3 Å². The van der Waals surface area contributed by atoms with Gasteiger partial charge in [-0.2, -0.15) is 26.3 Å². The fourth-order valence-electron chi connectivity index (χ4n) is 3.14. The predicted molar refractivity (Wildman–Crippen MR) is 137 cm³/mol. The van der Waals surface area contributed by atoms with Crippen molar-refractivity contribution < 1.29 is 31.1 Å². The highest BCUT2D eigenvalue weighted by molar-refractivity contribution is 7.80. The third kappa shape index (κ3) is 8.94. The Morgan fingerprint density at radius 3 is 2.11 bits per heavy atom. The van der Waals surface area contributed by atoms with Gasteiger partial charge in [-0.05, 0) is 54.5 Å². The molecule has 2 aromatic carbocycles. The molecule has 4 nitrogen and oxygen atoms in total. The van der Waals surface area contributed by atoms with E-state index in [1.54, 1.807) is 0 Å². The van der Waals surface area contributed by atoms with Crippen LogP contribution in [0, 0.1) is 0 Å². The van der Waals surface area contributed by atoms with Crippen LogP contribution in [0.3, 0.4) is 0 Å². The average Bonchev–Trinajstić information content (AvgIpc) is 2.79. The van der Waals surface area contributed by atoms with Gasteiger partial charge in [0.05, 0.1) is 32.1 Å². The van der Waals surface area contributed by atoms with E-state index in [1.807, 2.05) is 6.92 Å². The van der Waals surface area contributed by atoms with Crippen LogP contribution < -0.4 is 16.0 Å². The summed E-state index contributed by atoms with van der Waals surface area (Å²) in [5.41, 5.74) is -2.54. The molecule has 0 radical (unpaired) electrons. The molecule has 2 rings (SSSR count). The highest BCUT2D eigenvalue weighted by Crippen LogP contribution is 2.41. The molecule has 0 aromatic heterocycles. The maximum atomic E-state index is 13.7. The normalized spacial score (nSPS) is 12.9. The molecule has 0 aliphatic carbocycles. The summed E-state index contributed by atoms with van der Waals surface area (Å²) in [5.74, 6) is -3.24. The Labute approximate surface area is 229 Å². The van der Waals surface area contributed by atoms with E-state index in [4.69, 9.17) is 47.0 Å². The van der Waals surface area contributed by atoms with Crippen molar-refractivity contribution in [2.45, 2.75) is 25.2 Å². The van der Waals surface area contributed by atoms with Gasteiger partial charge in [-0.3, -0.25) is 4.79 Å². The van der Waals surface area contributed by atoms with E-state index in [9.17, 15) is 31.1 Å². The van der Waals surface area contributed by atoms with Gasteiger partial charge < -0.3 is 16.0 Å². The van der Waals surface area contributed by atoms with E-state index in [1.165, 1.54) is 0 Å². The molecule has 0 saturated carbocycles. The van der Waals surface area contributed by atoms with Gasteiger partial charge in [-0.25, -0.2) is 0 Å². The van der Waals surface area contributed by atoms with Gasteiger partial charge in [-0.1, -0.05) is 53.0 Å². The van der Waals surface area contributed by atoms with E-state index in [0.717, 1.165) is 30.3 Å². The third-order valence-corrected chi connectivity index (χ3v) is 6.31. The molecule has 14 heteroatoms. The van der Waals surface area contributed by atoms with Gasteiger partial charge in [0.15, 0.2) is 5.11 Å². The van der Waals surface area contributed by atoms with Crippen molar-refractivity contribution >= 4 is 64.1 Å². The number of benzene rings is 2. The quantitative estimate of drug-likeness (QED) is 0.128. The second-order valence-electron chi connectivity index (χ2n) is 7.52. The number of rotatable bonds is 8. The standard InChI is InChI=1S/C23H20Cl3F6N3OS/c1-2-33-21(37)35-8-7-34-20(36)14-5-3-12(9-16(14)23(30,31)32)4-6-15(22(27,28)29)13-10-17(24)19(26)18(25)11-13/h3-6,9-11,15H,2,7-8H2,1H3,(H,34,36)(H2,33,35,37). The summed E-state index contributed by atoms with van der Waals surface area (Å²) in [5, 5.41) is 7.70. The van der Waals surface area contributed by atoms with Crippen LogP contribution in [-0.4, -0.2) is 36.8 Å². The Morgan fingerprint density at radius 1 is 0.973 bits per heavy atom. The number of halogens is 9. The maximum absolute atomic E-state index is 13.7. The molecule has 0 heterocycles. The van der Waals surface area contributed by atoms with Crippen LogP contribution in [0.15, 0.2) is 36.4 Å². The lowest BCUT2D eigenvalue weighted by molar-refractivity contribution is -0.139. The summed E-state index contributed by atoms with van der Waals surface area (Å²) in [6.45, 7) is 2.53. The second-order valence-corrected chi connectivity index (χ2v) is 9.12. The van der Waals surface area contributed by atoms with E-state index < -0.39 is 35.3 Å². The Morgan fingerprint density at radius 2 is 1.57 bits per heavy atom. The molecule has 0 aliphatic rings. The molecule has 202 valence electrons. The zero-order chi connectivity index (χ0) is 28.0. The van der Waals surface area contributed by atoms with E-state index in [0.29, 0.717) is 23.8 Å². The summed E-state index contributed by atoms with van der Waals surface area (Å²) in [6.07, 6.45) is -8.21. The number of carbonyl (C=O) groups excluding carboxylic acids is 1. The average molecular weight is 607 g/mol. The molecular weight excluding hydrogens is 587 g/mol. The van der Waals surface area contributed by atoms with Gasteiger partial charge in [0.1, 0.15) is 0 Å². The maximum Gasteiger partial charge on any atom is 0.417 e. The molecule has 0 aliphatic heterocycles. The second kappa shape index (κ2) is 13.0.